The third-order valence-corrected chi connectivity index (χ3v) is 8.04. The first-order valence-electron chi connectivity index (χ1n) is 14.1. The van der Waals surface area contributed by atoms with Gasteiger partial charge in [-0.15, -0.1) is 0 Å². The number of pyridine rings is 2. The summed E-state index contributed by atoms with van der Waals surface area (Å²) >= 11 is 0. The fraction of sp³-hybridized carbons (Fsp3) is 0.300. The molecule has 1 fully saturated rings. The molecule has 5 rings (SSSR count). The number of aromatic nitrogens is 4. The predicted octanol–water partition coefficient (Wildman–Crippen LogP) is 5.55. The summed E-state index contributed by atoms with van der Waals surface area (Å²) < 4.78 is 74.1. The normalized spacial score (nSPS) is 14.1. The lowest BCUT2D eigenvalue weighted by molar-refractivity contribution is -0.137. The summed E-state index contributed by atoms with van der Waals surface area (Å²) in [5.74, 6) is 1.14. The Kier molecular flexibility index (Phi) is 9.01. The van der Waals surface area contributed by atoms with Crippen LogP contribution >= 0.6 is 0 Å². The summed E-state index contributed by atoms with van der Waals surface area (Å²) in [4.78, 5) is 32.9. The molecule has 16 heteroatoms. The van der Waals surface area contributed by atoms with Crippen molar-refractivity contribution in [3.8, 4) is 11.3 Å². The lowest BCUT2D eigenvalue weighted by Gasteiger charge is -2.36. The highest BCUT2D eigenvalue weighted by Gasteiger charge is 2.32. The van der Waals surface area contributed by atoms with E-state index >= 15 is 0 Å². The number of hydrogen-bond donors (Lipinski definition) is 2. The molecular weight excluding hydrogens is 625 g/mol. The van der Waals surface area contributed by atoms with Gasteiger partial charge in [0.15, 0.2) is 0 Å². The number of amides is 1. The third kappa shape index (κ3) is 8.18. The number of rotatable bonds is 7. The maximum atomic E-state index is 13.3. The molecule has 4 heterocycles. The van der Waals surface area contributed by atoms with Crippen LogP contribution in [-0.4, -0.2) is 71.1 Å². The van der Waals surface area contributed by atoms with Gasteiger partial charge < -0.3 is 19.9 Å². The van der Waals surface area contributed by atoms with Crippen LogP contribution in [0.15, 0.2) is 78.2 Å². The molecule has 0 unspecified atom stereocenters. The van der Waals surface area contributed by atoms with Crippen molar-refractivity contribution < 1.29 is 31.1 Å². The van der Waals surface area contributed by atoms with Gasteiger partial charge in [-0.3, -0.25) is 9.71 Å². The number of ether oxygens (including phenoxy) is 1. The van der Waals surface area contributed by atoms with Crippen LogP contribution in [0.1, 0.15) is 26.3 Å². The minimum Gasteiger partial charge on any atom is -0.444 e. The number of carbonyl (C=O) groups excluding carboxylic acids is 1. The lowest BCUT2D eigenvalue weighted by Crippen LogP contribution is -2.50. The van der Waals surface area contributed by atoms with Gasteiger partial charge in [0.2, 0.25) is 0 Å². The molecule has 12 nitrogen and oxygen atoms in total. The third-order valence-electron chi connectivity index (χ3n) is 6.67. The van der Waals surface area contributed by atoms with Gasteiger partial charge >= 0.3 is 12.3 Å². The summed E-state index contributed by atoms with van der Waals surface area (Å²) in [5, 5.41) is 2.97. The molecule has 0 radical (unpaired) electrons. The number of sulfonamides is 1. The lowest BCUT2D eigenvalue weighted by atomic mass is 10.1. The number of halogens is 3. The van der Waals surface area contributed by atoms with E-state index in [0.29, 0.717) is 55.1 Å². The molecule has 1 saturated heterocycles. The van der Waals surface area contributed by atoms with Gasteiger partial charge in [0.05, 0.1) is 28.0 Å². The van der Waals surface area contributed by atoms with Gasteiger partial charge in [-0.05, 0) is 57.2 Å². The highest BCUT2D eigenvalue weighted by atomic mass is 32.2. The summed E-state index contributed by atoms with van der Waals surface area (Å²) in [7, 11) is -4.43. The van der Waals surface area contributed by atoms with Crippen LogP contribution < -0.4 is 14.9 Å². The topological polar surface area (TPSA) is 143 Å². The van der Waals surface area contributed by atoms with E-state index in [0.717, 1.165) is 18.2 Å². The quantitative estimate of drug-likeness (QED) is 0.260. The van der Waals surface area contributed by atoms with Crippen LogP contribution in [-0.2, 0) is 20.9 Å². The molecule has 1 aliphatic rings. The molecule has 2 N–H and O–H groups in total. The SMILES string of the molecule is CC(C)(C)OC(=O)N1CCN(c2cc(-c3cc(NS(=O)(=O)c4cccc(C(F)(F)F)c4)cc(Nc4cnccn4)n3)ccn2)CC1. The van der Waals surface area contributed by atoms with Crippen molar-refractivity contribution in [3.05, 3.63) is 78.9 Å². The van der Waals surface area contributed by atoms with Crippen molar-refractivity contribution >= 4 is 39.3 Å². The molecular formula is C30H31F3N8O4S. The Bertz CT molecular complexity index is 1810. The Morgan fingerprint density at radius 2 is 1.67 bits per heavy atom. The van der Waals surface area contributed by atoms with Crippen LogP contribution in [0.2, 0.25) is 0 Å². The van der Waals surface area contributed by atoms with Crippen molar-refractivity contribution in [2.75, 3.05) is 41.1 Å². The summed E-state index contributed by atoms with van der Waals surface area (Å²) in [5.41, 5.74) is -0.730. The molecule has 0 atom stereocenters. The Morgan fingerprint density at radius 1 is 0.913 bits per heavy atom. The van der Waals surface area contributed by atoms with Crippen LogP contribution in [0, 0.1) is 0 Å². The average molecular weight is 657 g/mol. The Hall–Kier alpha value is -4.99. The number of alkyl halides is 3. The molecule has 242 valence electrons. The molecule has 1 aromatic carbocycles. The van der Waals surface area contributed by atoms with Crippen molar-refractivity contribution in [2.24, 2.45) is 0 Å². The first-order valence-corrected chi connectivity index (χ1v) is 15.6. The average Bonchev–Trinajstić information content (AvgIpc) is 3.00. The molecule has 0 saturated carbocycles. The molecule has 1 amide bonds. The second-order valence-corrected chi connectivity index (χ2v) is 13.0. The zero-order chi connectivity index (χ0) is 33.1. The maximum absolute atomic E-state index is 13.3. The fourth-order valence-electron chi connectivity index (χ4n) is 4.55. The van der Waals surface area contributed by atoms with E-state index in [9.17, 15) is 26.4 Å². The first-order chi connectivity index (χ1) is 21.7. The summed E-state index contributed by atoms with van der Waals surface area (Å²) in [6, 6.07) is 9.81. The summed E-state index contributed by atoms with van der Waals surface area (Å²) in [6.45, 7) is 7.28. The predicted molar refractivity (Wildman–Crippen MR) is 165 cm³/mol. The van der Waals surface area contributed by atoms with Gasteiger partial charge in [-0.2, -0.15) is 13.2 Å². The number of anilines is 4. The van der Waals surface area contributed by atoms with Crippen molar-refractivity contribution in [3.63, 3.8) is 0 Å². The fourth-order valence-corrected chi connectivity index (χ4v) is 5.63. The molecule has 1 aliphatic heterocycles. The summed E-state index contributed by atoms with van der Waals surface area (Å²) in [6.07, 6.45) is 0.872. The van der Waals surface area contributed by atoms with Crippen LogP contribution in [0.3, 0.4) is 0 Å². The van der Waals surface area contributed by atoms with Gasteiger partial charge in [0.25, 0.3) is 10.0 Å². The minimum atomic E-state index is -4.72. The van der Waals surface area contributed by atoms with Crippen molar-refractivity contribution in [2.45, 2.75) is 37.4 Å². The molecule has 3 aromatic heterocycles. The molecule has 0 aliphatic carbocycles. The second-order valence-electron chi connectivity index (χ2n) is 11.3. The van der Waals surface area contributed by atoms with E-state index in [-0.39, 0.29) is 17.6 Å². The van der Waals surface area contributed by atoms with Crippen LogP contribution in [0.4, 0.5) is 41.1 Å². The van der Waals surface area contributed by atoms with Gasteiger partial charge in [-0.25, -0.2) is 28.2 Å². The number of nitrogens with zero attached hydrogens (tertiary/aromatic N) is 6. The number of nitrogens with one attached hydrogen (secondary N) is 2. The monoisotopic (exact) mass is 656 g/mol. The highest BCUT2D eigenvalue weighted by molar-refractivity contribution is 7.92. The van der Waals surface area contributed by atoms with Gasteiger partial charge in [0.1, 0.15) is 23.1 Å². The van der Waals surface area contributed by atoms with Gasteiger partial charge in [-0.1, -0.05) is 6.07 Å². The van der Waals surface area contributed by atoms with E-state index in [1.54, 1.807) is 23.2 Å². The molecule has 4 aromatic rings. The Balaban J connectivity index is 1.43. The second kappa shape index (κ2) is 12.8. The van der Waals surface area contributed by atoms with E-state index < -0.39 is 32.3 Å². The number of piperazine rings is 1. The first kappa shape index (κ1) is 32.4. The highest BCUT2D eigenvalue weighted by Crippen LogP contribution is 2.32. The Labute approximate surface area is 263 Å². The van der Waals surface area contributed by atoms with E-state index in [4.69, 9.17) is 4.74 Å². The number of benzene rings is 1. The maximum Gasteiger partial charge on any atom is 0.416 e. The van der Waals surface area contributed by atoms with Crippen LogP contribution in [0.25, 0.3) is 11.3 Å². The van der Waals surface area contributed by atoms with Crippen LogP contribution in [0.5, 0.6) is 0 Å². The molecule has 0 spiro atoms. The standard InChI is InChI=1S/C30H31F3N8O4S/c1-29(2,3)45-28(42)41-13-11-40(12-14-41)27-15-20(7-8-36-27)24-17-22(18-25(37-24)38-26-19-34-9-10-35-26)39-46(43,44)23-6-4-5-21(16-23)30(31,32)33/h4-10,15-19H,11-14H2,1-3H3,(H2,35,37,38,39). The largest absolute Gasteiger partial charge is 0.444 e. The Morgan fingerprint density at radius 3 is 2.35 bits per heavy atom. The number of hydrogen-bond acceptors (Lipinski definition) is 10. The van der Waals surface area contributed by atoms with E-state index in [1.807, 2.05) is 25.7 Å². The van der Waals surface area contributed by atoms with E-state index in [1.165, 1.54) is 30.7 Å². The van der Waals surface area contributed by atoms with E-state index in [2.05, 4.69) is 30.0 Å². The molecule has 46 heavy (non-hydrogen) atoms. The molecule has 0 bridgehead atoms. The number of carbonyl (C=O) groups is 1. The zero-order valence-corrected chi connectivity index (χ0v) is 25.9. The van der Waals surface area contributed by atoms with Crippen molar-refractivity contribution in [1.82, 2.24) is 24.8 Å². The minimum absolute atomic E-state index is 0.0399. The van der Waals surface area contributed by atoms with Gasteiger partial charge in [0, 0.05) is 56.4 Å². The smallest absolute Gasteiger partial charge is 0.416 e. The zero-order valence-electron chi connectivity index (χ0n) is 25.1. The van der Waals surface area contributed by atoms with Crippen molar-refractivity contribution in [1.29, 1.82) is 0 Å².